The number of hydrogen-bond acceptors (Lipinski definition) is 4. The summed E-state index contributed by atoms with van der Waals surface area (Å²) in [5.41, 5.74) is 2.13. The van der Waals surface area contributed by atoms with E-state index in [0.717, 1.165) is 16.9 Å². The van der Waals surface area contributed by atoms with Gasteiger partial charge in [-0.25, -0.2) is 0 Å². The zero-order chi connectivity index (χ0) is 13.2. The molecule has 0 atom stereocenters. The summed E-state index contributed by atoms with van der Waals surface area (Å²) < 4.78 is 20.4. The molecule has 0 saturated heterocycles. The third kappa shape index (κ3) is 5.21. The molecule has 0 bridgehead atoms. The Labute approximate surface area is 108 Å². The van der Waals surface area contributed by atoms with E-state index in [1.165, 1.54) is 0 Å². The zero-order valence-electron chi connectivity index (χ0n) is 11.1. The van der Waals surface area contributed by atoms with Crippen molar-refractivity contribution in [2.24, 2.45) is 0 Å². The van der Waals surface area contributed by atoms with Crippen LogP contribution in [0.2, 0.25) is 0 Å². The van der Waals surface area contributed by atoms with Crippen molar-refractivity contribution < 1.29 is 18.9 Å². The topological polar surface area (TPSA) is 36.9 Å². The van der Waals surface area contributed by atoms with Crippen LogP contribution in [-0.4, -0.2) is 34.2 Å². The number of benzene rings is 1. The van der Waals surface area contributed by atoms with Crippen molar-refractivity contribution in [3.8, 4) is 5.75 Å². The summed E-state index contributed by atoms with van der Waals surface area (Å²) in [6.07, 6.45) is 1.69. The molecule has 0 fully saturated rings. The van der Waals surface area contributed by atoms with Gasteiger partial charge in [0.05, 0.1) is 26.6 Å². The van der Waals surface area contributed by atoms with Gasteiger partial charge in [0, 0.05) is 7.11 Å². The fourth-order valence-electron chi connectivity index (χ4n) is 1.33. The lowest BCUT2D eigenvalue weighted by molar-refractivity contribution is -0.0294. The summed E-state index contributed by atoms with van der Waals surface area (Å²) in [6, 6.07) is 7.81. The molecular weight excluding hydrogens is 232 g/mol. The smallest absolute Gasteiger partial charge is 0.188 e. The highest BCUT2D eigenvalue weighted by Gasteiger charge is 1.97. The van der Waals surface area contributed by atoms with Gasteiger partial charge in [-0.2, -0.15) is 0 Å². The van der Waals surface area contributed by atoms with E-state index in [4.69, 9.17) is 18.9 Å². The lowest BCUT2D eigenvalue weighted by Gasteiger charge is -2.06. The van der Waals surface area contributed by atoms with E-state index >= 15 is 0 Å². The Hall–Kier alpha value is -1.52. The molecular formula is C14H20O4. The van der Waals surface area contributed by atoms with Gasteiger partial charge in [0.25, 0.3) is 0 Å². The second-order valence-corrected chi connectivity index (χ2v) is 3.71. The van der Waals surface area contributed by atoms with E-state index < -0.39 is 0 Å². The van der Waals surface area contributed by atoms with Crippen LogP contribution in [0.15, 0.2) is 30.5 Å². The van der Waals surface area contributed by atoms with Crippen LogP contribution in [0.4, 0.5) is 0 Å². The molecule has 0 heterocycles. The molecule has 0 unspecified atom stereocenters. The Morgan fingerprint density at radius 2 is 1.83 bits per heavy atom. The van der Waals surface area contributed by atoms with Gasteiger partial charge in [0.2, 0.25) is 0 Å². The Balaban J connectivity index is 2.35. The van der Waals surface area contributed by atoms with Crippen LogP contribution in [0.5, 0.6) is 5.75 Å². The van der Waals surface area contributed by atoms with Crippen molar-refractivity contribution in [3.63, 3.8) is 0 Å². The number of allylic oxidation sites excluding steroid dienone is 1. The molecule has 0 N–H and O–H groups in total. The first-order valence-corrected chi connectivity index (χ1v) is 5.77. The summed E-state index contributed by atoms with van der Waals surface area (Å²) in [5.74, 6) is 0.843. The van der Waals surface area contributed by atoms with E-state index in [1.54, 1.807) is 20.5 Å². The first-order valence-electron chi connectivity index (χ1n) is 5.77. The highest BCUT2D eigenvalue weighted by Crippen LogP contribution is 2.17. The molecule has 0 aliphatic carbocycles. The van der Waals surface area contributed by atoms with E-state index in [2.05, 4.69) is 0 Å². The van der Waals surface area contributed by atoms with Gasteiger partial charge in [-0.05, 0) is 30.2 Å². The van der Waals surface area contributed by atoms with Crippen LogP contribution in [-0.2, 0) is 14.2 Å². The van der Waals surface area contributed by atoms with Crippen LogP contribution >= 0.6 is 0 Å². The highest BCUT2D eigenvalue weighted by atomic mass is 16.7. The van der Waals surface area contributed by atoms with E-state index in [0.29, 0.717) is 13.2 Å². The Morgan fingerprint density at radius 3 is 2.44 bits per heavy atom. The third-order valence-electron chi connectivity index (χ3n) is 2.39. The van der Waals surface area contributed by atoms with Crippen molar-refractivity contribution in [1.82, 2.24) is 0 Å². The van der Waals surface area contributed by atoms with Crippen LogP contribution < -0.4 is 4.74 Å². The molecule has 1 aromatic rings. The van der Waals surface area contributed by atoms with Crippen molar-refractivity contribution in [3.05, 3.63) is 36.1 Å². The molecule has 1 rings (SSSR count). The Kier molecular flexibility index (Phi) is 6.91. The van der Waals surface area contributed by atoms with Crippen LogP contribution in [0.3, 0.4) is 0 Å². The zero-order valence-corrected chi connectivity index (χ0v) is 11.1. The summed E-state index contributed by atoms with van der Waals surface area (Å²) in [7, 11) is 3.29. The second kappa shape index (κ2) is 8.55. The lowest BCUT2D eigenvalue weighted by Crippen LogP contribution is -2.03. The predicted octanol–water partition coefficient (Wildman–Crippen LogP) is 2.69. The maximum Gasteiger partial charge on any atom is 0.188 e. The minimum Gasteiger partial charge on any atom is -0.497 e. The quantitative estimate of drug-likeness (QED) is 0.405. The second-order valence-electron chi connectivity index (χ2n) is 3.71. The molecule has 0 spiro atoms. The van der Waals surface area contributed by atoms with E-state index in [9.17, 15) is 0 Å². The first kappa shape index (κ1) is 14.5. The summed E-state index contributed by atoms with van der Waals surface area (Å²) >= 11 is 0. The molecule has 0 aromatic heterocycles. The lowest BCUT2D eigenvalue weighted by atomic mass is 10.1. The number of methoxy groups -OCH3 is 2. The number of hydrogen-bond donors (Lipinski definition) is 0. The molecule has 0 saturated carbocycles. The average Bonchev–Trinajstić information content (AvgIpc) is 2.42. The van der Waals surface area contributed by atoms with Gasteiger partial charge in [-0.15, -0.1) is 0 Å². The molecule has 0 radical (unpaired) electrons. The standard InChI is InChI=1S/C14H20O4/c1-12(10-18-11-17-9-8-15-2)13-4-6-14(16-3)7-5-13/h4-7,10H,8-9,11H2,1-3H3/b12-10+. The summed E-state index contributed by atoms with van der Waals surface area (Å²) in [4.78, 5) is 0. The van der Waals surface area contributed by atoms with Crippen LogP contribution in [0.1, 0.15) is 12.5 Å². The molecule has 100 valence electrons. The monoisotopic (exact) mass is 252 g/mol. The van der Waals surface area contributed by atoms with Gasteiger partial charge >= 0.3 is 0 Å². The van der Waals surface area contributed by atoms with Gasteiger partial charge < -0.3 is 18.9 Å². The van der Waals surface area contributed by atoms with Crippen molar-refractivity contribution >= 4 is 5.57 Å². The average molecular weight is 252 g/mol. The molecule has 4 heteroatoms. The maximum absolute atomic E-state index is 5.28. The largest absolute Gasteiger partial charge is 0.497 e. The fourth-order valence-corrected chi connectivity index (χ4v) is 1.33. The fraction of sp³-hybridized carbons (Fsp3) is 0.429. The first-order chi connectivity index (χ1) is 8.77. The summed E-state index contributed by atoms with van der Waals surface area (Å²) in [6.45, 7) is 3.32. The van der Waals surface area contributed by atoms with Crippen LogP contribution in [0.25, 0.3) is 5.57 Å². The van der Waals surface area contributed by atoms with Gasteiger partial charge in [-0.3, -0.25) is 0 Å². The molecule has 1 aromatic carbocycles. The Morgan fingerprint density at radius 1 is 1.11 bits per heavy atom. The van der Waals surface area contributed by atoms with Gasteiger partial charge in [0.15, 0.2) is 6.79 Å². The minimum atomic E-state index is 0.233. The normalized spacial score (nSPS) is 11.4. The third-order valence-corrected chi connectivity index (χ3v) is 2.39. The number of rotatable bonds is 8. The molecule has 0 aliphatic rings. The van der Waals surface area contributed by atoms with Crippen molar-refractivity contribution in [1.29, 1.82) is 0 Å². The predicted molar refractivity (Wildman–Crippen MR) is 70.4 cm³/mol. The highest BCUT2D eigenvalue weighted by molar-refractivity contribution is 5.63. The molecule has 4 nitrogen and oxygen atoms in total. The van der Waals surface area contributed by atoms with Crippen molar-refractivity contribution in [2.75, 3.05) is 34.2 Å². The maximum atomic E-state index is 5.28. The summed E-state index contributed by atoms with van der Waals surface area (Å²) in [5, 5.41) is 0. The minimum absolute atomic E-state index is 0.233. The van der Waals surface area contributed by atoms with E-state index in [-0.39, 0.29) is 6.79 Å². The SMILES string of the molecule is COCCOCO/C=C(\C)c1ccc(OC)cc1. The molecule has 18 heavy (non-hydrogen) atoms. The van der Waals surface area contributed by atoms with E-state index in [1.807, 2.05) is 31.2 Å². The number of ether oxygens (including phenoxy) is 4. The van der Waals surface area contributed by atoms with Crippen molar-refractivity contribution in [2.45, 2.75) is 6.92 Å². The molecule has 0 amide bonds. The molecule has 0 aliphatic heterocycles. The van der Waals surface area contributed by atoms with Gasteiger partial charge in [0.1, 0.15) is 5.75 Å². The van der Waals surface area contributed by atoms with Gasteiger partial charge in [-0.1, -0.05) is 12.1 Å². The Bertz CT molecular complexity index is 357. The van der Waals surface area contributed by atoms with Crippen LogP contribution in [0, 0.1) is 0 Å².